The lowest BCUT2D eigenvalue weighted by atomic mass is 9.75. The summed E-state index contributed by atoms with van der Waals surface area (Å²) >= 11 is 0. The number of carbonyl (C=O) groups excluding carboxylic acids is 3. The average molecular weight is 425 g/mol. The highest BCUT2D eigenvalue weighted by atomic mass is 16.6. The Labute approximate surface area is 181 Å². The van der Waals surface area contributed by atoms with E-state index in [9.17, 15) is 14.4 Å². The smallest absolute Gasteiger partial charge is 0.337 e. The Kier molecular flexibility index (Phi) is 6.23. The number of esters is 2. The molecule has 7 heteroatoms. The van der Waals surface area contributed by atoms with Crippen LogP contribution in [0.5, 0.6) is 0 Å². The Hall–Kier alpha value is -2.93. The highest BCUT2D eigenvalue weighted by Gasteiger charge is 2.39. The molecule has 1 N–H and O–H groups in total. The topological polar surface area (TPSA) is 90.9 Å². The number of Topliss-reactive ketones (excluding diaryl/α,β-unsaturated/α-hetero) is 1. The van der Waals surface area contributed by atoms with Gasteiger partial charge in [-0.1, -0.05) is 12.1 Å². The molecule has 0 aromatic heterocycles. The van der Waals surface area contributed by atoms with Crippen molar-refractivity contribution < 1.29 is 28.6 Å². The van der Waals surface area contributed by atoms with E-state index in [1.165, 1.54) is 7.11 Å². The van der Waals surface area contributed by atoms with Crippen molar-refractivity contribution in [3.8, 4) is 0 Å². The number of dihydropyridines is 1. The van der Waals surface area contributed by atoms with Crippen molar-refractivity contribution in [1.82, 2.24) is 5.32 Å². The van der Waals surface area contributed by atoms with Crippen molar-refractivity contribution in [3.63, 3.8) is 0 Å². The Morgan fingerprint density at radius 1 is 1.13 bits per heavy atom. The maximum Gasteiger partial charge on any atom is 0.337 e. The van der Waals surface area contributed by atoms with Crippen molar-refractivity contribution in [1.29, 1.82) is 0 Å². The second kappa shape index (κ2) is 9.06. The van der Waals surface area contributed by atoms with Gasteiger partial charge in [-0.3, -0.25) is 4.79 Å². The van der Waals surface area contributed by atoms with E-state index in [2.05, 4.69) is 5.32 Å². The zero-order valence-electron chi connectivity index (χ0n) is 17.9. The average Bonchev–Trinajstić information content (AvgIpc) is 3.30. The number of hydrogen-bond donors (Lipinski definition) is 1. The van der Waals surface area contributed by atoms with Gasteiger partial charge in [0, 0.05) is 35.9 Å². The summed E-state index contributed by atoms with van der Waals surface area (Å²) in [6, 6.07) is 6.85. The minimum absolute atomic E-state index is 0.0349. The van der Waals surface area contributed by atoms with Gasteiger partial charge in [0.2, 0.25) is 0 Å². The number of carbonyl (C=O) groups is 3. The molecule has 1 aliphatic carbocycles. The summed E-state index contributed by atoms with van der Waals surface area (Å²) in [5.74, 6) is -1.39. The quantitative estimate of drug-likeness (QED) is 0.725. The third-order valence-electron chi connectivity index (χ3n) is 6.09. The van der Waals surface area contributed by atoms with E-state index < -0.39 is 17.9 Å². The van der Waals surface area contributed by atoms with Gasteiger partial charge in [-0.2, -0.15) is 0 Å². The number of benzene rings is 1. The van der Waals surface area contributed by atoms with Crippen LogP contribution in [-0.4, -0.2) is 44.1 Å². The first-order chi connectivity index (χ1) is 15.0. The van der Waals surface area contributed by atoms with Gasteiger partial charge in [-0.15, -0.1) is 0 Å². The highest BCUT2D eigenvalue weighted by Crippen LogP contribution is 2.42. The third-order valence-corrected chi connectivity index (χ3v) is 6.09. The molecule has 0 spiro atoms. The summed E-state index contributed by atoms with van der Waals surface area (Å²) in [6.45, 7) is 2.72. The maximum absolute atomic E-state index is 13.2. The molecule has 2 heterocycles. The van der Waals surface area contributed by atoms with E-state index in [4.69, 9.17) is 14.2 Å². The standard InChI is InChI=1S/C24H27NO6/c1-14-20(24(28)31-13-17-5-4-12-30-17)21(22-18(25-14)6-3-7-19(22)26)15-8-10-16(11-9-15)23(27)29-2/h8-11,17,21,25H,3-7,12-13H2,1-2H3/t17-,21-/m1/s1. The molecule has 7 nitrogen and oxygen atoms in total. The van der Waals surface area contributed by atoms with Crippen LogP contribution in [0.4, 0.5) is 0 Å². The number of allylic oxidation sites excluding steroid dienone is 3. The van der Waals surface area contributed by atoms with Crippen molar-refractivity contribution >= 4 is 17.7 Å². The van der Waals surface area contributed by atoms with Gasteiger partial charge < -0.3 is 19.5 Å². The fraction of sp³-hybridized carbons (Fsp3) is 0.458. The summed E-state index contributed by atoms with van der Waals surface area (Å²) in [4.78, 5) is 37.9. The molecule has 4 rings (SSSR count). The van der Waals surface area contributed by atoms with Crippen molar-refractivity contribution in [3.05, 3.63) is 57.9 Å². The van der Waals surface area contributed by atoms with Gasteiger partial charge in [0.15, 0.2) is 5.78 Å². The predicted molar refractivity (Wildman–Crippen MR) is 112 cm³/mol. The molecule has 2 atom stereocenters. The first kappa shape index (κ1) is 21.3. The van der Waals surface area contributed by atoms with Crippen LogP contribution >= 0.6 is 0 Å². The molecule has 0 bridgehead atoms. The van der Waals surface area contributed by atoms with E-state index in [1.54, 1.807) is 24.3 Å². The highest BCUT2D eigenvalue weighted by molar-refractivity contribution is 6.03. The largest absolute Gasteiger partial charge is 0.465 e. The molecule has 3 aliphatic rings. The van der Waals surface area contributed by atoms with Gasteiger partial charge in [-0.05, 0) is 50.3 Å². The summed E-state index contributed by atoms with van der Waals surface area (Å²) in [7, 11) is 1.33. The van der Waals surface area contributed by atoms with Gasteiger partial charge >= 0.3 is 11.9 Å². The van der Waals surface area contributed by atoms with E-state index in [0.717, 1.165) is 36.9 Å². The molecule has 0 unspecified atom stereocenters. The molecular weight excluding hydrogens is 398 g/mol. The molecule has 164 valence electrons. The summed E-state index contributed by atoms with van der Waals surface area (Å²) in [5.41, 5.74) is 3.77. The first-order valence-corrected chi connectivity index (χ1v) is 10.7. The number of nitrogens with one attached hydrogen (secondary N) is 1. The molecule has 0 saturated carbocycles. The number of ketones is 1. The fourth-order valence-corrected chi connectivity index (χ4v) is 4.54. The van der Waals surface area contributed by atoms with Crippen LogP contribution < -0.4 is 5.32 Å². The Morgan fingerprint density at radius 3 is 2.58 bits per heavy atom. The minimum atomic E-state index is -0.534. The fourth-order valence-electron chi connectivity index (χ4n) is 4.54. The molecule has 1 saturated heterocycles. The number of rotatable bonds is 5. The van der Waals surface area contributed by atoms with E-state index >= 15 is 0 Å². The molecule has 0 radical (unpaired) electrons. The lowest BCUT2D eigenvalue weighted by Gasteiger charge is -2.34. The molecule has 1 fully saturated rings. The molecule has 31 heavy (non-hydrogen) atoms. The normalized spacial score (nSPS) is 23.4. The number of hydrogen-bond acceptors (Lipinski definition) is 7. The van der Waals surface area contributed by atoms with Crippen LogP contribution in [-0.2, 0) is 23.8 Å². The maximum atomic E-state index is 13.2. The minimum Gasteiger partial charge on any atom is -0.465 e. The summed E-state index contributed by atoms with van der Waals surface area (Å²) in [5, 5.41) is 3.28. The van der Waals surface area contributed by atoms with Crippen LogP contribution in [0, 0.1) is 0 Å². The Morgan fingerprint density at radius 2 is 1.90 bits per heavy atom. The van der Waals surface area contributed by atoms with Gasteiger partial charge in [0.25, 0.3) is 0 Å². The van der Waals surface area contributed by atoms with Crippen molar-refractivity contribution in [2.75, 3.05) is 20.3 Å². The molecule has 0 amide bonds. The van der Waals surface area contributed by atoms with Crippen LogP contribution in [0.15, 0.2) is 46.8 Å². The number of methoxy groups -OCH3 is 1. The zero-order valence-corrected chi connectivity index (χ0v) is 17.9. The lowest BCUT2D eigenvalue weighted by Crippen LogP contribution is -2.35. The second-order valence-corrected chi connectivity index (χ2v) is 8.11. The zero-order chi connectivity index (χ0) is 22.0. The molecule has 1 aromatic carbocycles. The van der Waals surface area contributed by atoms with Gasteiger partial charge in [-0.25, -0.2) is 9.59 Å². The van der Waals surface area contributed by atoms with E-state index in [-0.39, 0.29) is 18.5 Å². The summed E-state index contributed by atoms with van der Waals surface area (Å²) in [6.07, 6.45) is 3.75. The molecule has 1 aromatic rings. The Balaban J connectivity index is 1.68. The second-order valence-electron chi connectivity index (χ2n) is 8.11. The lowest BCUT2D eigenvalue weighted by molar-refractivity contribution is -0.142. The van der Waals surface area contributed by atoms with Crippen LogP contribution in [0.2, 0.25) is 0 Å². The molecular formula is C24H27NO6. The van der Waals surface area contributed by atoms with Crippen molar-refractivity contribution in [2.24, 2.45) is 0 Å². The Bertz CT molecular complexity index is 953. The first-order valence-electron chi connectivity index (χ1n) is 10.7. The van der Waals surface area contributed by atoms with Gasteiger partial charge in [0.05, 0.1) is 24.4 Å². The van der Waals surface area contributed by atoms with Crippen LogP contribution in [0.25, 0.3) is 0 Å². The summed E-state index contributed by atoms with van der Waals surface area (Å²) < 4.78 is 15.9. The van der Waals surface area contributed by atoms with Gasteiger partial charge in [0.1, 0.15) is 6.61 Å². The number of ether oxygens (including phenoxy) is 3. The molecule has 2 aliphatic heterocycles. The van der Waals surface area contributed by atoms with E-state index in [0.29, 0.717) is 35.4 Å². The third kappa shape index (κ3) is 4.28. The SMILES string of the molecule is COC(=O)c1ccc([C@@H]2C(C(=O)OC[C@H]3CCCO3)=C(C)NC3=C2C(=O)CCC3)cc1. The van der Waals surface area contributed by atoms with Crippen molar-refractivity contribution in [2.45, 2.75) is 51.0 Å². The van der Waals surface area contributed by atoms with Crippen LogP contribution in [0.1, 0.15) is 60.9 Å². The van der Waals surface area contributed by atoms with Crippen LogP contribution in [0.3, 0.4) is 0 Å². The monoisotopic (exact) mass is 425 g/mol. The van der Waals surface area contributed by atoms with E-state index in [1.807, 2.05) is 6.92 Å². The predicted octanol–water partition coefficient (Wildman–Crippen LogP) is 3.16.